The number of aryl methyl sites for hydroxylation is 1. The van der Waals surface area contributed by atoms with Gasteiger partial charge in [-0.15, -0.1) is 0 Å². The van der Waals surface area contributed by atoms with Crippen molar-refractivity contribution in [1.29, 1.82) is 0 Å². The molecule has 0 radical (unpaired) electrons. The number of imidazole rings is 1. The van der Waals surface area contributed by atoms with Crippen molar-refractivity contribution in [3.05, 3.63) is 83.1 Å². The van der Waals surface area contributed by atoms with E-state index >= 15 is 0 Å². The number of benzene rings is 2. The predicted octanol–water partition coefficient (Wildman–Crippen LogP) is 4.32. The smallest absolute Gasteiger partial charge is 0.250 e. The zero-order valence-electron chi connectivity index (χ0n) is 16.3. The molecule has 0 saturated heterocycles. The Morgan fingerprint density at radius 1 is 1.17 bits per heavy atom. The molecule has 4 aromatic rings. The fourth-order valence-electron chi connectivity index (χ4n) is 3.05. The maximum Gasteiger partial charge on any atom is 0.250 e. The number of hydrazone groups is 1. The number of thioether (sulfide) groups is 1. The van der Waals surface area contributed by atoms with Crippen LogP contribution < -0.4 is 5.43 Å². The van der Waals surface area contributed by atoms with Crippen molar-refractivity contribution in [2.24, 2.45) is 12.1 Å². The number of carbonyl (C=O) groups is 1. The number of fused-ring (bicyclic) bond motifs is 1. The average molecular weight is 438 g/mol. The maximum atomic E-state index is 12.3. The summed E-state index contributed by atoms with van der Waals surface area (Å²) < 4.78 is 4.00. The lowest BCUT2D eigenvalue weighted by Gasteiger charge is -2.10. The summed E-state index contributed by atoms with van der Waals surface area (Å²) in [5.74, 6) is 0.0119. The number of aromatic nitrogens is 3. The summed E-state index contributed by atoms with van der Waals surface area (Å²) in [6, 6.07) is 19.5. The van der Waals surface area contributed by atoms with Crippen LogP contribution in [0.1, 0.15) is 11.3 Å². The second-order valence-electron chi connectivity index (χ2n) is 6.69. The third kappa shape index (κ3) is 4.58. The summed E-state index contributed by atoms with van der Waals surface area (Å²) in [7, 11) is 1.92. The van der Waals surface area contributed by atoms with Gasteiger partial charge in [0.25, 0.3) is 5.91 Å². The molecule has 2 aromatic heterocycles. The number of carbonyl (C=O) groups excluding carboxylic acids is 1. The van der Waals surface area contributed by atoms with Crippen LogP contribution in [0.4, 0.5) is 0 Å². The summed E-state index contributed by atoms with van der Waals surface area (Å²) in [6.45, 7) is 0.579. The third-order valence-corrected chi connectivity index (χ3v) is 5.95. The molecule has 0 unspecified atom stereocenters. The van der Waals surface area contributed by atoms with Crippen LogP contribution in [-0.4, -0.2) is 32.0 Å². The van der Waals surface area contributed by atoms with Crippen molar-refractivity contribution in [3.63, 3.8) is 0 Å². The van der Waals surface area contributed by atoms with E-state index in [0.29, 0.717) is 11.6 Å². The zero-order chi connectivity index (χ0) is 20.9. The monoisotopic (exact) mass is 437 g/mol. The third-order valence-electron chi connectivity index (χ3n) is 4.61. The van der Waals surface area contributed by atoms with Gasteiger partial charge in [0.2, 0.25) is 0 Å². The van der Waals surface area contributed by atoms with Crippen LogP contribution in [0.3, 0.4) is 0 Å². The van der Waals surface area contributed by atoms with Gasteiger partial charge in [-0.1, -0.05) is 53.7 Å². The predicted molar refractivity (Wildman–Crippen MR) is 122 cm³/mol. The highest BCUT2D eigenvalue weighted by atomic mass is 35.5. The van der Waals surface area contributed by atoms with Crippen molar-refractivity contribution < 1.29 is 4.79 Å². The van der Waals surface area contributed by atoms with Crippen LogP contribution >= 0.6 is 23.4 Å². The molecule has 8 heteroatoms. The van der Waals surface area contributed by atoms with Crippen LogP contribution in [0.25, 0.3) is 11.0 Å². The molecule has 1 amide bonds. The highest BCUT2D eigenvalue weighted by molar-refractivity contribution is 7.99. The van der Waals surface area contributed by atoms with Gasteiger partial charge < -0.3 is 9.13 Å². The fraction of sp³-hybridized carbons (Fsp3) is 0.136. The molecule has 0 aliphatic rings. The number of halogens is 1. The first-order valence-electron chi connectivity index (χ1n) is 9.36. The second-order valence-corrected chi connectivity index (χ2v) is 8.04. The molecule has 1 N–H and O–H groups in total. The molecule has 0 bridgehead atoms. The van der Waals surface area contributed by atoms with E-state index in [-0.39, 0.29) is 11.7 Å². The molecule has 0 spiro atoms. The molecule has 30 heavy (non-hydrogen) atoms. The summed E-state index contributed by atoms with van der Waals surface area (Å²) in [5.41, 5.74) is 6.36. The quantitative estimate of drug-likeness (QED) is 0.266. The Hall–Kier alpha value is -3.03. The van der Waals surface area contributed by atoms with Crippen molar-refractivity contribution in [2.45, 2.75) is 11.7 Å². The lowest BCUT2D eigenvalue weighted by atomic mass is 10.2. The van der Waals surface area contributed by atoms with Crippen molar-refractivity contribution >= 4 is 46.5 Å². The lowest BCUT2D eigenvalue weighted by Crippen LogP contribution is -2.20. The Balaban J connectivity index is 1.48. The fourth-order valence-corrected chi connectivity index (χ4v) is 4.06. The van der Waals surface area contributed by atoms with E-state index < -0.39 is 0 Å². The Labute approximate surface area is 183 Å². The summed E-state index contributed by atoms with van der Waals surface area (Å²) in [6.07, 6.45) is 3.54. The minimum Gasteiger partial charge on any atom is -0.350 e. The van der Waals surface area contributed by atoms with Crippen molar-refractivity contribution in [2.75, 3.05) is 5.75 Å². The highest BCUT2D eigenvalue weighted by Crippen LogP contribution is 2.26. The normalized spacial score (nSPS) is 11.4. The van der Waals surface area contributed by atoms with E-state index in [2.05, 4.69) is 15.1 Å². The largest absolute Gasteiger partial charge is 0.350 e. The molecular formula is C22H20ClN5OS. The van der Waals surface area contributed by atoms with Crippen molar-refractivity contribution in [3.8, 4) is 0 Å². The lowest BCUT2D eigenvalue weighted by molar-refractivity contribution is -0.118. The Kier molecular flexibility index (Phi) is 6.21. The number of amides is 1. The van der Waals surface area contributed by atoms with Crippen LogP contribution in [0.5, 0.6) is 0 Å². The molecule has 0 aliphatic heterocycles. The number of nitrogens with one attached hydrogen (secondary N) is 1. The van der Waals surface area contributed by atoms with Crippen LogP contribution in [0.2, 0.25) is 5.02 Å². The first-order valence-corrected chi connectivity index (χ1v) is 10.7. The molecule has 4 rings (SSSR count). The van der Waals surface area contributed by atoms with Crippen molar-refractivity contribution in [1.82, 2.24) is 19.5 Å². The SMILES string of the molecule is Cn1cccc1/C=N\NC(=O)CSc1nc2ccccc2n1Cc1ccccc1Cl. The topological polar surface area (TPSA) is 64.2 Å². The molecule has 152 valence electrons. The van der Waals surface area contributed by atoms with Gasteiger partial charge in [0, 0.05) is 18.3 Å². The van der Waals surface area contributed by atoms with Gasteiger partial charge in [0.05, 0.1) is 35.2 Å². The van der Waals surface area contributed by atoms with Crippen LogP contribution in [0, 0.1) is 0 Å². The van der Waals surface area contributed by atoms with Crippen LogP contribution in [0.15, 0.2) is 77.1 Å². The van der Waals surface area contributed by atoms with Crippen LogP contribution in [-0.2, 0) is 18.4 Å². The molecule has 0 aliphatic carbocycles. The molecule has 0 atom stereocenters. The second kappa shape index (κ2) is 9.19. The van der Waals surface area contributed by atoms with E-state index in [1.807, 2.05) is 78.5 Å². The Bertz CT molecular complexity index is 1210. The minimum atomic E-state index is -0.193. The molecule has 0 fully saturated rings. The molecule has 0 saturated carbocycles. The minimum absolute atomic E-state index is 0.193. The Morgan fingerprint density at radius 2 is 1.97 bits per heavy atom. The average Bonchev–Trinajstić information content (AvgIpc) is 3.31. The van der Waals surface area contributed by atoms with E-state index in [1.165, 1.54) is 11.8 Å². The number of rotatable bonds is 7. The number of nitrogens with zero attached hydrogens (tertiary/aromatic N) is 4. The molecule has 2 aromatic carbocycles. The summed E-state index contributed by atoms with van der Waals surface area (Å²) >= 11 is 7.74. The first kappa shape index (κ1) is 20.3. The number of hydrogen-bond acceptors (Lipinski definition) is 4. The molecule has 6 nitrogen and oxygen atoms in total. The van der Waals surface area contributed by atoms with Gasteiger partial charge in [-0.25, -0.2) is 10.4 Å². The van der Waals surface area contributed by atoms with E-state index in [0.717, 1.165) is 27.4 Å². The van der Waals surface area contributed by atoms with E-state index in [1.54, 1.807) is 6.21 Å². The van der Waals surface area contributed by atoms with Gasteiger partial charge in [-0.3, -0.25) is 4.79 Å². The zero-order valence-corrected chi connectivity index (χ0v) is 17.9. The molecule has 2 heterocycles. The maximum absolute atomic E-state index is 12.3. The first-order chi connectivity index (χ1) is 14.6. The van der Waals surface area contributed by atoms with Gasteiger partial charge >= 0.3 is 0 Å². The van der Waals surface area contributed by atoms with Gasteiger partial charge in [0.15, 0.2) is 5.16 Å². The summed E-state index contributed by atoms with van der Waals surface area (Å²) in [4.78, 5) is 17.0. The highest BCUT2D eigenvalue weighted by Gasteiger charge is 2.14. The standard InChI is InChI=1S/C22H20ClN5OS/c1-27-12-6-8-17(27)13-24-26-21(29)15-30-22-25-19-10-4-5-11-20(19)28(22)14-16-7-2-3-9-18(16)23/h2-13H,14-15H2,1H3,(H,26,29)/b24-13-. The van der Waals surface area contributed by atoms with E-state index in [9.17, 15) is 4.79 Å². The van der Waals surface area contributed by atoms with Gasteiger partial charge in [0.1, 0.15) is 0 Å². The Morgan fingerprint density at radius 3 is 2.77 bits per heavy atom. The van der Waals surface area contributed by atoms with E-state index in [4.69, 9.17) is 16.6 Å². The summed E-state index contributed by atoms with van der Waals surface area (Å²) in [5, 5.41) is 5.50. The van der Waals surface area contributed by atoms with Gasteiger partial charge in [-0.2, -0.15) is 5.10 Å². The van der Waals surface area contributed by atoms with Gasteiger partial charge in [-0.05, 0) is 35.9 Å². The molecular weight excluding hydrogens is 418 g/mol. The number of hydrogen-bond donors (Lipinski definition) is 1. The number of para-hydroxylation sites is 2.